The van der Waals surface area contributed by atoms with E-state index in [0.29, 0.717) is 0 Å². The number of primary amides is 1. The van der Waals surface area contributed by atoms with Crippen LogP contribution in [-0.4, -0.2) is 12.5 Å². The zero-order valence-corrected chi connectivity index (χ0v) is 5.60. The van der Waals surface area contributed by atoms with Gasteiger partial charge >= 0.3 is 0 Å². The molecule has 0 fully saturated rings. The van der Waals surface area contributed by atoms with Gasteiger partial charge in [0, 0.05) is 0 Å². The molecule has 1 aromatic rings. The first-order valence-corrected chi connectivity index (χ1v) is 2.84. The van der Waals surface area contributed by atoms with Crippen LogP contribution in [0, 0.1) is 0 Å². The summed E-state index contributed by atoms with van der Waals surface area (Å²) in [4.78, 5) is 10.5. The highest BCUT2D eigenvalue weighted by atomic mass is 16.5. The summed E-state index contributed by atoms with van der Waals surface area (Å²) in [5.41, 5.74) is 4.83. The summed E-state index contributed by atoms with van der Waals surface area (Å²) < 4.78 is 41.6. The second-order valence-corrected chi connectivity index (χ2v) is 1.71. The quantitative estimate of drug-likeness (QED) is 0.694. The first-order valence-electron chi connectivity index (χ1n) is 5.34. The fourth-order valence-electron chi connectivity index (χ4n) is 0.454. The molecule has 3 nitrogen and oxygen atoms in total. The van der Waals surface area contributed by atoms with Crippen LogP contribution in [0.15, 0.2) is 30.2 Å². The lowest BCUT2D eigenvalue weighted by Gasteiger charge is -2.00. The van der Waals surface area contributed by atoms with Crippen LogP contribution in [0.4, 0.5) is 0 Å². The molecule has 1 aromatic carbocycles. The lowest BCUT2D eigenvalue weighted by atomic mass is 10.3. The van der Waals surface area contributed by atoms with Gasteiger partial charge in [0.15, 0.2) is 6.61 Å². The Bertz CT molecular complexity index is 420. The first kappa shape index (κ1) is 3.26. The number of carbonyl (C=O) groups is 1. The molecule has 0 aliphatic rings. The topological polar surface area (TPSA) is 52.3 Å². The molecule has 0 aliphatic heterocycles. The number of para-hydroxylation sites is 1. The molecule has 0 aliphatic carbocycles. The third-order valence-corrected chi connectivity index (χ3v) is 0.836. The third kappa shape index (κ3) is 2.71. The van der Waals surface area contributed by atoms with Gasteiger partial charge in [-0.25, -0.2) is 0 Å². The maximum Gasteiger partial charge on any atom is 0.255 e. The molecule has 0 bridgehead atoms. The fourth-order valence-corrected chi connectivity index (χ4v) is 0.454. The lowest BCUT2D eigenvalue weighted by Crippen LogP contribution is -2.19. The number of ether oxygens (including phenoxy) is 1. The van der Waals surface area contributed by atoms with Crippen LogP contribution < -0.4 is 10.5 Å². The zero-order chi connectivity index (χ0) is 12.5. The molecule has 0 unspecified atom stereocenters. The van der Waals surface area contributed by atoms with Gasteiger partial charge in [-0.1, -0.05) is 18.1 Å². The molecule has 0 atom stereocenters. The Morgan fingerprint density at radius 1 is 1.55 bits per heavy atom. The minimum atomic E-state index is -0.785. The summed E-state index contributed by atoms with van der Waals surface area (Å²) in [6.45, 7) is -0.534. The Labute approximate surface area is 71.8 Å². The number of benzene rings is 1. The van der Waals surface area contributed by atoms with Crippen molar-refractivity contribution in [1.29, 1.82) is 0 Å². The molecule has 0 aromatic heterocycles. The highest BCUT2D eigenvalue weighted by molar-refractivity contribution is 5.75. The molecule has 2 N–H and O–H groups in total. The molecule has 3 heteroatoms. The SMILES string of the molecule is [2H]c1c([2H])c([2H])c(OCC(N)=O)c([2H])c1[2H]. The van der Waals surface area contributed by atoms with Crippen molar-refractivity contribution in [1.82, 2.24) is 0 Å². The molecule has 0 spiro atoms. The monoisotopic (exact) mass is 156 g/mol. The van der Waals surface area contributed by atoms with E-state index < -0.39 is 42.7 Å². The molecule has 0 saturated heterocycles. The molecule has 11 heavy (non-hydrogen) atoms. The highest BCUT2D eigenvalue weighted by Crippen LogP contribution is 2.07. The summed E-state index contributed by atoms with van der Waals surface area (Å²) in [7, 11) is 0. The van der Waals surface area contributed by atoms with E-state index in [9.17, 15) is 4.79 Å². The number of hydrogen-bond donors (Lipinski definition) is 1. The lowest BCUT2D eigenvalue weighted by molar-refractivity contribution is -0.119. The van der Waals surface area contributed by atoms with E-state index in [4.69, 9.17) is 17.3 Å². The van der Waals surface area contributed by atoms with Crippen molar-refractivity contribution in [2.45, 2.75) is 0 Å². The Morgan fingerprint density at radius 3 is 2.73 bits per heavy atom. The normalized spacial score (nSPS) is 15.5. The van der Waals surface area contributed by atoms with Gasteiger partial charge in [-0.15, -0.1) is 0 Å². The van der Waals surface area contributed by atoms with Gasteiger partial charge in [0.05, 0.1) is 6.85 Å². The molecule has 0 saturated carbocycles. The predicted octanol–water partition coefficient (Wildman–Crippen LogP) is 0.551. The first-order chi connectivity index (χ1) is 7.36. The molecule has 1 amide bonds. The number of hydrogen-bond acceptors (Lipinski definition) is 2. The van der Waals surface area contributed by atoms with Crippen LogP contribution in [0.2, 0.25) is 0 Å². The zero-order valence-electron chi connectivity index (χ0n) is 10.6. The smallest absolute Gasteiger partial charge is 0.255 e. The Balaban J connectivity index is 3.23. The second kappa shape index (κ2) is 3.61. The predicted molar refractivity (Wildman–Crippen MR) is 41.1 cm³/mol. The number of rotatable bonds is 3. The number of amides is 1. The van der Waals surface area contributed by atoms with Crippen LogP contribution in [0.25, 0.3) is 0 Å². The van der Waals surface area contributed by atoms with Gasteiger partial charge in [0.25, 0.3) is 5.91 Å². The van der Waals surface area contributed by atoms with Gasteiger partial charge in [0.2, 0.25) is 0 Å². The van der Waals surface area contributed by atoms with Crippen molar-refractivity contribution in [2.75, 3.05) is 6.61 Å². The standard InChI is InChI=1S/C8H9NO2/c9-8(10)6-11-7-4-2-1-3-5-7/h1-5H,6H2,(H2,9,10)/i1D,2D,3D,4D,5D. The number of nitrogens with two attached hydrogens (primary N) is 1. The van der Waals surface area contributed by atoms with E-state index in [0.717, 1.165) is 0 Å². The van der Waals surface area contributed by atoms with Crippen LogP contribution in [0.1, 0.15) is 6.85 Å². The largest absolute Gasteiger partial charge is 0.484 e. The summed E-state index contributed by atoms with van der Waals surface area (Å²) in [6.07, 6.45) is 0. The molecule has 1 rings (SSSR count). The van der Waals surface area contributed by atoms with Crippen LogP contribution in [0.5, 0.6) is 5.75 Å². The van der Waals surface area contributed by atoms with E-state index in [1.54, 1.807) is 0 Å². The van der Waals surface area contributed by atoms with Crippen LogP contribution in [-0.2, 0) is 4.79 Å². The van der Waals surface area contributed by atoms with Crippen molar-refractivity contribution in [3.63, 3.8) is 0 Å². The Morgan fingerprint density at radius 2 is 2.18 bits per heavy atom. The van der Waals surface area contributed by atoms with Crippen molar-refractivity contribution >= 4 is 5.91 Å². The average Bonchev–Trinajstić information content (AvgIpc) is 2.23. The molecular formula is C8H9NO2. The van der Waals surface area contributed by atoms with Crippen LogP contribution >= 0.6 is 0 Å². The van der Waals surface area contributed by atoms with Gasteiger partial charge in [-0.3, -0.25) is 4.79 Å². The van der Waals surface area contributed by atoms with E-state index in [2.05, 4.69) is 0 Å². The van der Waals surface area contributed by atoms with E-state index in [1.165, 1.54) is 0 Å². The third-order valence-electron chi connectivity index (χ3n) is 0.836. The van der Waals surface area contributed by atoms with Gasteiger partial charge in [-0.2, -0.15) is 0 Å². The highest BCUT2D eigenvalue weighted by Gasteiger charge is 1.94. The molecule has 58 valence electrons. The average molecular weight is 156 g/mol. The van der Waals surface area contributed by atoms with Crippen molar-refractivity contribution in [3.8, 4) is 5.75 Å². The summed E-state index contributed by atoms with van der Waals surface area (Å²) in [6, 6.07) is -2.53. The minimum absolute atomic E-state index is 0.371. The summed E-state index contributed by atoms with van der Waals surface area (Å²) in [5, 5.41) is 0. The maximum absolute atomic E-state index is 10.5. The van der Waals surface area contributed by atoms with Crippen molar-refractivity contribution in [2.24, 2.45) is 5.73 Å². The van der Waals surface area contributed by atoms with Crippen LogP contribution in [0.3, 0.4) is 0 Å². The van der Waals surface area contributed by atoms with E-state index in [1.807, 2.05) is 0 Å². The summed E-state index contributed by atoms with van der Waals surface area (Å²) in [5.74, 6) is -1.16. The van der Waals surface area contributed by atoms with Gasteiger partial charge < -0.3 is 10.5 Å². The van der Waals surface area contributed by atoms with E-state index >= 15 is 0 Å². The second-order valence-electron chi connectivity index (χ2n) is 1.71. The van der Waals surface area contributed by atoms with Gasteiger partial charge in [0.1, 0.15) is 5.75 Å². The fraction of sp³-hybridized carbons (Fsp3) is 0.125. The number of carbonyl (C=O) groups excluding carboxylic acids is 1. The molecule has 0 radical (unpaired) electrons. The van der Waals surface area contributed by atoms with Crippen molar-refractivity contribution in [3.05, 3.63) is 30.2 Å². The molecular weight excluding hydrogens is 142 g/mol. The maximum atomic E-state index is 10.5. The Kier molecular flexibility index (Phi) is 1.07. The van der Waals surface area contributed by atoms with E-state index in [-0.39, 0.29) is 5.75 Å². The van der Waals surface area contributed by atoms with Crippen molar-refractivity contribution < 1.29 is 16.4 Å². The minimum Gasteiger partial charge on any atom is -0.484 e. The summed E-state index contributed by atoms with van der Waals surface area (Å²) >= 11 is 0. The van der Waals surface area contributed by atoms with Gasteiger partial charge in [-0.05, 0) is 12.1 Å². The molecule has 0 heterocycles. The Hall–Kier alpha value is -1.51.